The molecule has 0 aliphatic rings. The third-order valence-electron chi connectivity index (χ3n) is 16.7. The molecular weight excluding hydrogens is 1260 g/mol. The number of amides is 15. The Labute approximate surface area is 581 Å². The molecule has 5 rings (SSSR count). The average molecular weight is 1360 g/mol. The van der Waals surface area contributed by atoms with E-state index in [1.54, 1.807) is 110 Å². The molecule has 0 fully saturated rings. The van der Waals surface area contributed by atoms with Gasteiger partial charge in [-0.1, -0.05) is 166 Å². The van der Waals surface area contributed by atoms with Crippen LogP contribution in [0, 0.1) is 5.92 Å². The van der Waals surface area contributed by atoms with E-state index in [0.717, 1.165) is 31.4 Å². The molecule has 534 valence electrons. The summed E-state index contributed by atoms with van der Waals surface area (Å²) in [5.74, 6) is -6.79. The largest absolute Gasteiger partial charge is 0.368 e. The van der Waals surface area contributed by atoms with Crippen molar-refractivity contribution in [2.75, 3.05) is 26.2 Å². The maximum Gasteiger partial charge on any atom is 0.327 e. The minimum Gasteiger partial charge on any atom is -0.368 e. The van der Waals surface area contributed by atoms with Crippen molar-refractivity contribution in [1.29, 1.82) is 0 Å². The number of hydrogen-bond acceptors (Lipinski definition) is 14. The molecular formula is C74H102N14O11. The van der Waals surface area contributed by atoms with Crippen LogP contribution in [-0.2, 0) is 65.7 Å². The van der Waals surface area contributed by atoms with Crippen molar-refractivity contribution < 1.29 is 52.7 Å². The van der Waals surface area contributed by atoms with Gasteiger partial charge < -0.3 is 54.8 Å². The second-order valence-corrected chi connectivity index (χ2v) is 25.0. The summed E-state index contributed by atoms with van der Waals surface area (Å²) in [4.78, 5) is 166. The number of nitrogens with one attached hydrogen (secondary N) is 4. The Morgan fingerprint density at radius 2 is 0.697 bits per heavy atom. The molecule has 5 aromatic carbocycles. The SMILES string of the molecule is CC(C)CCC(=O)N(C(=O)N[C@@H](CCCCN)N(C(=O)CCc1ccccc1)C(=O)N[C@@H](CCCCN)N(C(=O)CCc1ccccc1)C(=O)N[C@@H](CCc1ccccc1)N(CC(N)=O)C(=O)C(=O)N[C@@H](CCCCN)N(C(N)=O)C(=O)CCc1ccccc1)[C@@H](C)Cc1ccccc1. The van der Waals surface area contributed by atoms with Crippen LogP contribution in [0.1, 0.15) is 145 Å². The number of imide groups is 4. The minimum absolute atomic E-state index is 0.0154. The van der Waals surface area contributed by atoms with Gasteiger partial charge in [0.05, 0.1) is 0 Å². The lowest BCUT2D eigenvalue weighted by Crippen LogP contribution is -2.65. The first-order chi connectivity index (χ1) is 47.6. The third kappa shape index (κ3) is 27.5. The van der Waals surface area contributed by atoms with Crippen LogP contribution in [0.4, 0.5) is 19.2 Å². The van der Waals surface area contributed by atoms with Crippen molar-refractivity contribution >= 4 is 65.5 Å². The van der Waals surface area contributed by atoms with E-state index < -0.39 is 103 Å². The summed E-state index contributed by atoms with van der Waals surface area (Å²) < 4.78 is 0. The van der Waals surface area contributed by atoms with E-state index in [9.17, 15) is 24.0 Å². The van der Waals surface area contributed by atoms with Crippen LogP contribution in [0.2, 0.25) is 0 Å². The smallest absolute Gasteiger partial charge is 0.327 e. The number of nitrogens with zero attached hydrogens (tertiary/aromatic N) is 5. The van der Waals surface area contributed by atoms with Crippen LogP contribution in [-0.4, -0.2) is 147 Å². The highest BCUT2D eigenvalue weighted by Gasteiger charge is 2.41. The summed E-state index contributed by atoms with van der Waals surface area (Å²) in [6, 6.07) is 39.8. The molecule has 0 radical (unpaired) electrons. The normalized spacial score (nSPS) is 12.5. The number of benzene rings is 5. The molecule has 14 N–H and O–H groups in total. The molecule has 0 unspecified atom stereocenters. The molecule has 0 aromatic heterocycles. The number of primary amides is 2. The van der Waals surface area contributed by atoms with Crippen molar-refractivity contribution in [3.8, 4) is 0 Å². The maximum atomic E-state index is 15.8. The summed E-state index contributed by atoms with van der Waals surface area (Å²) in [7, 11) is 0. The number of urea groups is 4. The molecule has 25 heteroatoms. The van der Waals surface area contributed by atoms with Crippen molar-refractivity contribution in [1.82, 2.24) is 45.8 Å². The third-order valence-corrected chi connectivity index (χ3v) is 16.7. The molecule has 25 nitrogen and oxygen atoms in total. The van der Waals surface area contributed by atoms with Gasteiger partial charge in [-0.05, 0) is 163 Å². The molecule has 99 heavy (non-hydrogen) atoms. The van der Waals surface area contributed by atoms with E-state index in [1.807, 2.05) is 62.4 Å². The fourth-order valence-electron chi connectivity index (χ4n) is 11.5. The highest BCUT2D eigenvalue weighted by Crippen LogP contribution is 2.22. The molecule has 0 aliphatic carbocycles. The maximum absolute atomic E-state index is 15.8. The molecule has 0 heterocycles. The Kier molecular flexibility index (Phi) is 35.0. The molecule has 0 saturated carbocycles. The molecule has 0 spiro atoms. The van der Waals surface area contributed by atoms with E-state index in [4.69, 9.17) is 28.7 Å². The van der Waals surface area contributed by atoms with E-state index in [2.05, 4.69) is 21.3 Å². The van der Waals surface area contributed by atoms with Gasteiger partial charge >= 0.3 is 35.9 Å². The quantitative estimate of drug-likeness (QED) is 0.0106. The second-order valence-electron chi connectivity index (χ2n) is 25.0. The van der Waals surface area contributed by atoms with E-state index >= 15 is 28.8 Å². The van der Waals surface area contributed by atoms with Crippen LogP contribution in [0.15, 0.2) is 152 Å². The summed E-state index contributed by atoms with van der Waals surface area (Å²) in [6.07, 6.45) is -4.65. The van der Waals surface area contributed by atoms with E-state index in [0.29, 0.717) is 46.6 Å². The Morgan fingerprint density at radius 1 is 0.364 bits per heavy atom. The standard InChI is InChI=1S/C74H102N14O11/c1-53(2)38-44-65(90)85(54(3)51-59-33-17-8-18-34-59)72(97)82-63(36-20-23-49-76)88(68(93)47-42-58-31-15-7-16-32-58)74(99)83-64(37-21-24-50-77)87(67(92)46-41-57-29-13-6-14-30-57)73(98)81-61(43-39-55-25-9-4-10-26-55)84(52-60(78)89)70(95)69(94)80-62(35-19-22-48-75)86(71(79)96)66(91)45-40-56-27-11-5-12-28-56/h4-18,25-34,53-54,61-64H,19-24,35-52,75-77H2,1-3H3,(H2,78,89)(H2,79,96)(H,80,94)(H,81,98)(H,82,97)(H,83,99)/t54-,61+,62+,63+,64+/m0/s1. The average Bonchev–Trinajstić information content (AvgIpc) is 0.823. The van der Waals surface area contributed by atoms with Crippen LogP contribution in [0.3, 0.4) is 0 Å². The molecule has 15 amide bonds. The molecule has 0 bridgehead atoms. The highest BCUT2D eigenvalue weighted by molar-refractivity contribution is 6.35. The number of carbonyl (C=O) groups excluding carboxylic acids is 11. The van der Waals surface area contributed by atoms with Crippen LogP contribution >= 0.6 is 0 Å². The fraction of sp³-hybridized carbons (Fsp3) is 0.446. The lowest BCUT2D eigenvalue weighted by atomic mass is 10.0. The van der Waals surface area contributed by atoms with Gasteiger partial charge in [0.15, 0.2) is 0 Å². The Bertz CT molecular complexity index is 3350. The number of unbranched alkanes of at least 4 members (excludes halogenated alkanes) is 3. The zero-order chi connectivity index (χ0) is 72.1. The van der Waals surface area contributed by atoms with Gasteiger partial charge in [-0.3, -0.25) is 38.5 Å². The molecule has 5 aromatic rings. The van der Waals surface area contributed by atoms with Crippen LogP contribution < -0.4 is 49.9 Å². The van der Waals surface area contributed by atoms with Gasteiger partial charge in [0.2, 0.25) is 29.5 Å². The predicted octanol–water partition coefficient (Wildman–Crippen LogP) is 7.23. The van der Waals surface area contributed by atoms with Gasteiger partial charge in [0.1, 0.15) is 31.2 Å². The Balaban J connectivity index is 1.64. The predicted molar refractivity (Wildman–Crippen MR) is 378 cm³/mol. The highest BCUT2D eigenvalue weighted by atomic mass is 16.2. The van der Waals surface area contributed by atoms with Gasteiger partial charge in [-0.15, -0.1) is 0 Å². The summed E-state index contributed by atoms with van der Waals surface area (Å²) >= 11 is 0. The van der Waals surface area contributed by atoms with E-state index in [-0.39, 0.29) is 128 Å². The van der Waals surface area contributed by atoms with Crippen molar-refractivity contribution in [2.45, 2.75) is 180 Å². The first kappa shape index (κ1) is 79.8. The number of carbonyl (C=O) groups is 11. The number of nitrogens with two attached hydrogens (primary N) is 5. The van der Waals surface area contributed by atoms with Crippen LogP contribution in [0.25, 0.3) is 0 Å². The fourth-order valence-corrected chi connectivity index (χ4v) is 11.5. The van der Waals surface area contributed by atoms with Crippen LogP contribution in [0.5, 0.6) is 0 Å². The lowest BCUT2D eigenvalue weighted by Gasteiger charge is -2.38. The van der Waals surface area contributed by atoms with Crippen molar-refractivity contribution in [3.63, 3.8) is 0 Å². The summed E-state index contributed by atoms with van der Waals surface area (Å²) in [5, 5.41) is 11.0. The lowest BCUT2D eigenvalue weighted by molar-refractivity contribution is -0.150. The topological polar surface area (TPSA) is 382 Å². The molecule has 0 saturated heterocycles. The minimum atomic E-state index is -1.67. The summed E-state index contributed by atoms with van der Waals surface area (Å²) in [6.45, 7) is 5.21. The summed E-state index contributed by atoms with van der Waals surface area (Å²) in [5.41, 5.74) is 33.4. The Hall–Kier alpha value is -9.85. The molecule has 5 atom stereocenters. The zero-order valence-electron chi connectivity index (χ0n) is 57.5. The zero-order valence-corrected chi connectivity index (χ0v) is 57.5. The van der Waals surface area contributed by atoms with Gasteiger partial charge in [0.25, 0.3) is 0 Å². The first-order valence-electron chi connectivity index (χ1n) is 34.3. The van der Waals surface area contributed by atoms with Gasteiger partial charge in [-0.25, -0.2) is 33.9 Å². The number of hydrogen-bond donors (Lipinski definition) is 9. The monoisotopic (exact) mass is 1360 g/mol. The Morgan fingerprint density at radius 3 is 1.06 bits per heavy atom. The van der Waals surface area contributed by atoms with Crippen molar-refractivity contribution in [3.05, 3.63) is 179 Å². The van der Waals surface area contributed by atoms with Gasteiger partial charge in [0, 0.05) is 31.7 Å². The van der Waals surface area contributed by atoms with Crippen molar-refractivity contribution in [2.24, 2.45) is 34.6 Å². The number of aryl methyl sites for hydroxylation is 4. The van der Waals surface area contributed by atoms with E-state index in [1.165, 1.54) is 0 Å². The first-order valence-corrected chi connectivity index (χ1v) is 34.3. The molecule has 0 aliphatic heterocycles. The second kappa shape index (κ2) is 43.4. The number of rotatable bonds is 40. The van der Waals surface area contributed by atoms with Gasteiger partial charge in [-0.2, -0.15) is 0 Å².